The zero-order valence-electron chi connectivity index (χ0n) is 11.6. The Morgan fingerprint density at radius 1 is 1.06 bits per heavy atom. The fourth-order valence-corrected chi connectivity index (χ4v) is 3.40. The highest BCUT2D eigenvalue weighted by atomic mass is 32.2. The molecule has 100 valence electrons. The van der Waals surface area contributed by atoms with Gasteiger partial charge >= 0.3 is 0 Å². The van der Waals surface area contributed by atoms with E-state index in [-0.39, 0.29) is 0 Å². The summed E-state index contributed by atoms with van der Waals surface area (Å²) in [7, 11) is 0. The van der Waals surface area contributed by atoms with Gasteiger partial charge in [0, 0.05) is 10.7 Å². The Bertz CT molecular complexity index is 222. The zero-order valence-corrected chi connectivity index (χ0v) is 13.2. The van der Waals surface area contributed by atoms with Gasteiger partial charge in [-0.05, 0) is 36.2 Å². The van der Waals surface area contributed by atoms with Gasteiger partial charge in [0.05, 0.1) is 0 Å². The van der Waals surface area contributed by atoms with Crippen LogP contribution in [0.1, 0.15) is 40.5 Å². The second-order valence-corrected chi connectivity index (χ2v) is 7.33. The second-order valence-electron chi connectivity index (χ2n) is 5.01. The number of carbonyl (C=O) groups is 1. The van der Waals surface area contributed by atoms with Gasteiger partial charge in [-0.1, -0.05) is 33.8 Å². The number of allylic oxidation sites excluding steroid dienone is 1. The Hall–Kier alpha value is 0.110. The average molecular weight is 274 g/mol. The molecule has 1 nitrogen and oxygen atoms in total. The topological polar surface area (TPSA) is 17.1 Å². The lowest BCUT2D eigenvalue weighted by molar-refractivity contribution is -0.104. The first-order valence-electron chi connectivity index (χ1n) is 6.42. The Labute approximate surface area is 115 Å². The van der Waals surface area contributed by atoms with Crippen molar-refractivity contribution in [2.45, 2.75) is 40.5 Å². The van der Waals surface area contributed by atoms with E-state index in [4.69, 9.17) is 0 Å². The fourth-order valence-electron chi connectivity index (χ4n) is 1.10. The fraction of sp³-hybridized carbons (Fsp3) is 0.786. The molecule has 3 heteroatoms. The molecule has 0 aromatic heterocycles. The highest BCUT2D eigenvalue weighted by Crippen LogP contribution is 2.18. The van der Waals surface area contributed by atoms with Crippen molar-refractivity contribution in [2.75, 3.05) is 17.3 Å². The molecule has 0 aromatic rings. The molecule has 0 rings (SSSR count). The van der Waals surface area contributed by atoms with E-state index in [1.54, 1.807) is 11.8 Å². The summed E-state index contributed by atoms with van der Waals surface area (Å²) in [5.41, 5.74) is 0. The number of aldehydes is 1. The summed E-state index contributed by atoms with van der Waals surface area (Å²) < 4.78 is 0. The molecular weight excluding hydrogens is 248 g/mol. The Kier molecular flexibility index (Phi) is 11.3. The zero-order chi connectivity index (χ0) is 13.1. The van der Waals surface area contributed by atoms with E-state index in [2.05, 4.69) is 33.8 Å². The third-order valence-electron chi connectivity index (χ3n) is 2.32. The first-order valence-corrected chi connectivity index (χ1v) is 8.56. The summed E-state index contributed by atoms with van der Waals surface area (Å²) in [6.07, 6.45) is 5.50. The first kappa shape index (κ1) is 17.1. The summed E-state index contributed by atoms with van der Waals surface area (Å²) in [5.74, 6) is 4.71. The van der Waals surface area contributed by atoms with E-state index in [1.165, 1.54) is 18.6 Å². The van der Waals surface area contributed by atoms with Crippen LogP contribution in [0.2, 0.25) is 0 Å². The maximum atomic E-state index is 10.9. The molecular formula is C14H26OS2. The predicted octanol–water partition coefficient (Wildman–Crippen LogP) is 4.63. The van der Waals surface area contributed by atoms with Crippen LogP contribution in [-0.2, 0) is 4.79 Å². The minimum atomic E-state index is 0.718. The van der Waals surface area contributed by atoms with Gasteiger partial charge in [0.25, 0.3) is 0 Å². The SMILES string of the molecule is CC(C)CCSC/C=C(/C=O)SCCC(C)C. The van der Waals surface area contributed by atoms with Gasteiger partial charge in [-0.15, -0.1) is 11.8 Å². The van der Waals surface area contributed by atoms with Crippen molar-refractivity contribution >= 4 is 29.8 Å². The van der Waals surface area contributed by atoms with E-state index in [0.717, 1.165) is 34.5 Å². The molecule has 0 saturated heterocycles. The van der Waals surface area contributed by atoms with Crippen molar-refractivity contribution in [1.29, 1.82) is 0 Å². The van der Waals surface area contributed by atoms with Gasteiger partial charge in [0.1, 0.15) is 0 Å². The molecule has 0 fully saturated rings. The molecule has 0 heterocycles. The van der Waals surface area contributed by atoms with Crippen molar-refractivity contribution in [1.82, 2.24) is 0 Å². The van der Waals surface area contributed by atoms with Crippen LogP contribution in [0.3, 0.4) is 0 Å². The van der Waals surface area contributed by atoms with Gasteiger partial charge in [-0.3, -0.25) is 4.79 Å². The molecule has 0 unspecified atom stereocenters. The number of rotatable bonds is 10. The van der Waals surface area contributed by atoms with Crippen molar-refractivity contribution in [2.24, 2.45) is 11.8 Å². The minimum Gasteiger partial charge on any atom is -0.297 e. The van der Waals surface area contributed by atoms with Crippen molar-refractivity contribution in [3.8, 4) is 0 Å². The van der Waals surface area contributed by atoms with E-state index in [9.17, 15) is 4.79 Å². The molecule has 0 aliphatic rings. The van der Waals surface area contributed by atoms with Crippen LogP contribution in [0.25, 0.3) is 0 Å². The summed E-state index contributed by atoms with van der Waals surface area (Å²) in [4.78, 5) is 11.8. The van der Waals surface area contributed by atoms with Crippen LogP contribution in [0.4, 0.5) is 0 Å². The average Bonchev–Trinajstić information content (AvgIpc) is 2.25. The van der Waals surface area contributed by atoms with Crippen LogP contribution in [0.15, 0.2) is 11.0 Å². The van der Waals surface area contributed by atoms with Crippen LogP contribution in [0.5, 0.6) is 0 Å². The van der Waals surface area contributed by atoms with Gasteiger partial charge < -0.3 is 0 Å². The molecule has 0 amide bonds. The normalized spacial score (nSPS) is 12.5. The standard InChI is InChI=1S/C14H26OS2/c1-12(2)5-8-16-9-7-14(11-15)17-10-6-13(3)4/h7,11-13H,5-6,8-10H2,1-4H3/b14-7-. The lowest BCUT2D eigenvalue weighted by Crippen LogP contribution is -1.92. The molecule has 0 aromatic carbocycles. The maximum Gasteiger partial charge on any atom is 0.156 e. The highest BCUT2D eigenvalue weighted by Gasteiger charge is 1.99. The number of carbonyl (C=O) groups excluding carboxylic acids is 1. The summed E-state index contributed by atoms with van der Waals surface area (Å²) in [6, 6.07) is 0. The predicted molar refractivity (Wildman–Crippen MR) is 82.8 cm³/mol. The molecule has 0 atom stereocenters. The number of thioether (sulfide) groups is 2. The Morgan fingerprint density at radius 3 is 2.18 bits per heavy atom. The molecule has 0 saturated carbocycles. The van der Waals surface area contributed by atoms with Crippen molar-refractivity contribution in [3.63, 3.8) is 0 Å². The first-order chi connectivity index (χ1) is 8.06. The van der Waals surface area contributed by atoms with Crippen LogP contribution < -0.4 is 0 Å². The molecule has 0 aliphatic heterocycles. The van der Waals surface area contributed by atoms with Crippen molar-refractivity contribution < 1.29 is 4.79 Å². The lowest BCUT2D eigenvalue weighted by Gasteiger charge is -2.04. The van der Waals surface area contributed by atoms with Gasteiger partial charge in [-0.2, -0.15) is 11.8 Å². The van der Waals surface area contributed by atoms with E-state index >= 15 is 0 Å². The minimum absolute atomic E-state index is 0.718. The molecule has 0 aliphatic carbocycles. The van der Waals surface area contributed by atoms with Crippen molar-refractivity contribution in [3.05, 3.63) is 11.0 Å². The quantitative estimate of drug-likeness (QED) is 0.328. The highest BCUT2D eigenvalue weighted by molar-refractivity contribution is 8.04. The molecule has 0 radical (unpaired) electrons. The third-order valence-corrected chi connectivity index (χ3v) is 4.28. The third kappa shape index (κ3) is 12.4. The summed E-state index contributed by atoms with van der Waals surface area (Å²) in [5, 5.41) is 0. The molecule has 0 bridgehead atoms. The van der Waals surface area contributed by atoms with Gasteiger partial charge in [0.2, 0.25) is 0 Å². The largest absolute Gasteiger partial charge is 0.297 e. The Morgan fingerprint density at radius 2 is 1.65 bits per heavy atom. The van der Waals surface area contributed by atoms with E-state index in [1.807, 2.05) is 11.8 Å². The monoisotopic (exact) mass is 274 g/mol. The van der Waals surface area contributed by atoms with Crippen LogP contribution >= 0.6 is 23.5 Å². The summed E-state index contributed by atoms with van der Waals surface area (Å²) >= 11 is 3.61. The number of hydrogen-bond donors (Lipinski definition) is 0. The van der Waals surface area contributed by atoms with Gasteiger partial charge in [0.15, 0.2) is 6.29 Å². The smallest absolute Gasteiger partial charge is 0.156 e. The second kappa shape index (κ2) is 11.2. The van der Waals surface area contributed by atoms with Crippen LogP contribution in [0, 0.1) is 11.8 Å². The number of hydrogen-bond acceptors (Lipinski definition) is 3. The molecule has 0 N–H and O–H groups in total. The maximum absolute atomic E-state index is 10.9. The van der Waals surface area contributed by atoms with Gasteiger partial charge in [-0.25, -0.2) is 0 Å². The Balaban J connectivity index is 3.66. The van der Waals surface area contributed by atoms with E-state index in [0.29, 0.717) is 0 Å². The molecule has 17 heavy (non-hydrogen) atoms. The van der Waals surface area contributed by atoms with E-state index < -0.39 is 0 Å². The summed E-state index contributed by atoms with van der Waals surface area (Å²) in [6.45, 7) is 8.92. The lowest BCUT2D eigenvalue weighted by atomic mass is 10.2. The molecule has 0 spiro atoms. The van der Waals surface area contributed by atoms with Crippen LogP contribution in [-0.4, -0.2) is 23.5 Å².